The lowest BCUT2D eigenvalue weighted by Crippen LogP contribution is -2.25. The summed E-state index contributed by atoms with van der Waals surface area (Å²) in [6, 6.07) is 5.37. The smallest absolute Gasteiger partial charge is 0.263 e. The summed E-state index contributed by atoms with van der Waals surface area (Å²) >= 11 is 13.3. The van der Waals surface area contributed by atoms with Crippen molar-refractivity contribution in [2.45, 2.75) is 20.3 Å². The number of carbonyl (C=O) groups excluding carboxylic acids is 1. The van der Waals surface area contributed by atoms with Crippen LogP contribution in [0.25, 0.3) is 0 Å². The molecule has 0 aliphatic rings. The van der Waals surface area contributed by atoms with Crippen molar-refractivity contribution in [1.29, 1.82) is 0 Å². The highest BCUT2D eigenvalue weighted by Gasteiger charge is 2.13. The van der Waals surface area contributed by atoms with Gasteiger partial charge in [0.1, 0.15) is 4.88 Å². The van der Waals surface area contributed by atoms with Gasteiger partial charge in [-0.3, -0.25) is 4.79 Å². The highest BCUT2D eigenvalue weighted by Crippen LogP contribution is 2.21. The molecule has 0 atom stereocenters. The van der Waals surface area contributed by atoms with Gasteiger partial charge in [0, 0.05) is 16.6 Å². The first-order valence-electron chi connectivity index (χ1n) is 6.13. The number of halogens is 2. The third-order valence-electron chi connectivity index (χ3n) is 2.80. The van der Waals surface area contributed by atoms with Crippen LogP contribution in [0.2, 0.25) is 10.0 Å². The maximum absolute atomic E-state index is 12.0. The molecule has 0 aliphatic heterocycles. The van der Waals surface area contributed by atoms with E-state index in [1.807, 2.05) is 19.9 Å². The van der Waals surface area contributed by atoms with Gasteiger partial charge in [0.15, 0.2) is 0 Å². The predicted octanol–water partition coefficient (Wildman–Crippen LogP) is 4.04. The van der Waals surface area contributed by atoms with Crippen LogP contribution in [0.1, 0.15) is 25.9 Å². The van der Waals surface area contributed by atoms with Crippen LogP contribution in [-0.2, 0) is 6.42 Å². The molecule has 106 valence electrons. The van der Waals surface area contributed by atoms with Crippen LogP contribution in [0.3, 0.4) is 0 Å². The topological polar surface area (TPSA) is 42.0 Å². The van der Waals surface area contributed by atoms with Crippen molar-refractivity contribution in [2.24, 2.45) is 0 Å². The summed E-state index contributed by atoms with van der Waals surface area (Å²) in [4.78, 5) is 16.9. The average Bonchev–Trinajstić information content (AvgIpc) is 2.71. The van der Waals surface area contributed by atoms with Gasteiger partial charge in [0.05, 0.1) is 10.7 Å². The van der Waals surface area contributed by atoms with Crippen LogP contribution in [0.15, 0.2) is 18.2 Å². The SMILES string of the molecule is Cc1nc(C)c(C(=O)NCCc2ccc(Cl)cc2Cl)s1. The molecule has 2 rings (SSSR count). The number of aryl methyl sites for hydroxylation is 2. The summed E-state index contributed by atoms with van der Waals surface area (Å²) in [5.41, 5.74) is 1.74. The summed E-state index contributed by atoms with van der Waals surface area (Å²) in [5.74, 6) is -0.0850. The van der Waals surface area contributed by atoms with Crippen molar-refractivity contribution >= 4 is 40.4 Å². The van der Waals surface area contributed by atoms with Gasteiger partial charge in [-0.1, -0.05) is 29.3 Å². The van der Waals surface area contributed by atoms with E-state index in [1.54, 1.807) is 12.1 Å². The molecule has 3 nitrogen and oxygen atoms in total. The first kappa shape index (κ1) is 15.3. The van der Waals surface area contributed by atoms with E-state index in [0.29, 0.717) is 27.9 Å². The van der Waals surface area contributed by atoms with E-state index in [-0.39, 0.29) is 5.91 Å². The standard InChI is InChI=1S/C14H14Cl2N2OS/c1-8-13(20-9(2)18-8)14(19)17-6-5-10-3-4-11(15)7-12(10)16/h3-4,7H,5-6H2,1-2H3,(H,17,19). The first-order chi connectivity index (χ1) is 9.47. The van der Waals surface area contributed by atoms with Gasteiger partial charge in [-0.2, -0.15) is 0 Å². The highest BCUT2D eigenvalue weighted by atomic mass is 35.5. The molecule has 0 bridgehead atoms. The Bertz CT molecular complexity index is 640. The van der Waals surface area contributed by atoms with E-state index in [1.165, 1.54) is 11.3 Å². The number of nitrogens with one attached hydrogen (secondary N) is 1. The highest BCUT2D eigenvalue weighted by molar-refractivity contribution is 7.13. The minimum absolute atomic E-state index is 0.0850. The number of hydrogen-bond donors (Lipinski definition) is 1. The number of nitrogens with zero attached hydrogens (tertiary/aromatic N) is 1. The number of amides is 1. The fourth-order valence-electron chi connectivity index (χ4n) is 1.86. The lowest BCUT2D eigenvalue weighted by atomic mass is 10.1. The molecule has 1 aromatic heterocycles. The Morgan fingerprint density at radius 1 is 1.35 bits per heavy atom. The summed E-state index contributed by atoms with van der Waals surface area (Å²) in [6.45, 7) is 4.26. The van der Waals surface area contributed by atoms with Gasteiger partial charge in [0.25, 0.3) is 5.91 Å². The maximum atomic E-state index is 12.0. The second-order valence-electron chi connectivity index (χ2n) is 4.39. The summed E-state index contributed by atoms with van der Waals surface area (Å²) in [7, 11) is 0. The number of rotatable bonds is 4. The van der Waals surface area contributed by atoms with Crippen LogP contribution in [-0.4, -0.2) is 17.4 Å². The van der Waals surface area contributed by atoms with Gasteiger partial charge in [0.2, 0.25) is 0 Å². The van der Waals surface area contributed by atoms with Gasteiger partial charge in [-0.25, -0.2) is 4.98 Å². The summed E-state index contributed by atoms with van der Waals surface area (Å²) < 4.78 is 0. The second kappa shape index (κ2) is 6.57. The lowest BCUT2D eigenvalue weighted by molar-refractivity contribution is 0.0957. The average molecular weight is 329 g/mol. The third kappa shape index (κ3) is 3.72. The fourth-order valence-corrected chi connectivity index (χ4v) is 3.20. The number of thiazole rings is 1. The van der Waals surface area contributed by atoms with E-state index in [2.05, 4.69) is 10.3 Å². The molecule has 6 heteroatoms. The summed E-state index contributed by atoms with van der Waals surface area (Å²) in [5, 5.41) is 5.01. The van der Waals surface area contributed by atoms with E-state index >= 15 is 0 Å². The van der Waals surface area contributed by atoms with Gasteiger partial charge >= 0.3 is 0 Å². The van der Waals surface area contributed by atoms with Crippen molar-refractivity contribution in [2.75, 3.05) is 6.54 Å². The van der Waals surface area contributed by atoms with E-state index in [0.717, 1.165) is 16.3 Å². The normalized spacial score (nSPS) is 10.6. The Balaban J connectivity index is 1.93. The molecular weight excluding hydrogens is 315 g/mol. The molecule has 0 saturated carbocycles. The third-order valence-corrected chi connectivity index (χ3v) is 4.46. The van der Waals surface area contributed by atoms with E-state index < -0.39 is 0 Å². The van der Waals surface area contributed by atoms with Crippen molar-refractivity contribution in [3.05, 3.63) is 49.4 Å². The maximum Gasteiger partial charge on any atom is 0.263 e. The number of benzene rings is 1. The Morgan fingerprint density at radius 3 is 2.70 bits per heavy atom. The number of aromatic nitrogens is 1. The Hall–Kier alpha value is -1.10. The molecule has 1 aromatic carbocycles. The fraction of sp³-hybridized carbons (Fsp3) is 0.286. The molecular formula is C14H14Cl2N2OS. The Kier molecular flexibility index (Phi) is 5.02. The monoisotopic (exact) mass is 328 g/mol. The molecule has 0 radical (unpaired) electrons. The van der Waals surface area contributed by atoms with Crippen LogP contribution in [0, 0.1) is 13.8 Å². The Morgan fingerprint density at radius 2 is 2.10 bits per heavy atom. The first-order valence-corrected chi connectivity index (χ1v) is 7.71. The minimum Gasteiger partial charge on any atom is -0.351 e. The zero-order valence-electron chi connectivity index (χ0n) is 11.2. The van der Waals surface area contributed by atoms with Gasteiger partial charge in [-0.15, -0.1) is 11.3 Å². The van der Waals surface area contributed by atoms with Crippen molar-refractivity contribution in [1.82, 2.24) is 10.3 Å². The molecule has 1 heterocycles. The molecule has 0 aliphatic carbocycles. The molecule has 0 fully saturated rings. The predicted molar refractivity (Wildman–Crippen MR) is 84.1 cm³/mol. The zero-order chi connectivity index (χ0) is 14.7. The molecule has 1 N–H and O–H groups in total. The van der Waals surface area contributed by atoms with E-state index in [4.69, 9.17) is 23.2 Å². The molecule has 2 aromatic rings. The summed E-state index contributed by atoms with van der Waals surface area (Å²) in [6.07, 6.45) is 0.665. The molecule has 0 unspecified atom stereocenters. The minimum atomic E-state index is -0.0850. The van der Waals surface area contributed by atoms with Crippen molar-refractivity contribution in [3.8, 4) is 0 Å². The number of carbonyl (C=O) groups is 1. The molecule has 0 spiro atoms. The Labute approximate surface area is 131 Å². The molecule has 1 amide bonds. The van der Waals surface area contributed by atoms with Crippen LogP contribution < -0.4 is 5.32 Å². The molecule has 0 saturated heterocycles. The van der Waals surface area contributed by atoms with Crippen molar-refractivity contribution in [3.63, 3.8) is 0 Å². The van der Waals surface area contributed by atoms with Crippen LogP contribution in [0.5, 0.6) is 0 Å². The molecule has 20 heavy (non-hydrogen) atoms. The van der Waals surface area contributed by atoms with Crippen molar-refractivity contribution < 1.29 is 4.79 Å². The zero-order valence-corrected chi connectivity index (χ0v) is 13.5. The van der Waals surface area contributed by atoms with Crippen LogP contribution in [0.4, 0.5) is 0 Å². The number of hydrogen-bond acceptors (Lipinski definition) is 3. The largest absolute Gasteiger partial charge is 0.351 e. The van der Waals surface area contributed by atoms with Crippen LogP contribution >= 0.6 is 34.5 Å². The second-order valence-corrected chi connectivity index (χ2v) is 6.44. The van der Waals surface area contributed by atoms with Gasteiger partial charge < -0.3 is 5.32 Å². The van der Waals surface area contributed by atoms with Gasteiger partial charge in [-0.05, 0) is 38.0 Å². The quantitative estimate of drug-likeness (QED) is 0.920. The van der Waals surface area contributed by atoms with E-state index in [9.17, 15) is 4.79 Å². The lowest BCUT2D eigenvalue weighted by Gasteiger charge is -2.06.